The molecule has 1 fully saturated rings. The summed E-state index contributed by atoms with van der Waals surface area (Å²) in [6.07, 6.45) is -0.550. The first kappa shape index (κ1) is 22.3. The number of piperazine rings is 1. The van der Waals surface area contributed by atoms with Gasteiger partial charge in [-0.15, -0.1) is 0 Å². The number of carbonyl (C=O) groups is 1. The molecule has 1 aliphatic heterocycles. The third kappa shape index (κ3) is 6.54. The molecule has 1 aromatic rings. The second-order valence-corrected chi connectivity index (χ2v) is 7.64. The van der Waals surface area contributed by atoms with Crippen LogP contribution in [0.4, 0.5) is 4.79 Å². The van der Waals surface area contributed by atoms with Crippen LogP contribution in [0.5, 0.6) is 11.5 Å². The molecule has 0 aromatic heterocycles. The predicted molar refractivity (Wildman–Crippen MR) is 109 cm³/mol. The van der Waals surface area contributed by atoms with Gasteiger partial charge in [-0.1, -0.05) is 0 Å². The van der Waals surface area contributed by atoms with Gasteiger partial charge in [-0.25, -0.2) is 4.79 Å². The summed E-state index contributed by atoms with van der Waals surface area (Å²) in [5, 5.41) is 10.1. The van der Waals surface area contributed by atoms with Crippen molar-refractivity contribution in [1.29, 1.82) is 0 Å². The molecule has 2 rings (SSSR count). The van der Waals surface area contributed by atoms with E-state index in [1.54, 1.807) is 26.1 Å². The Bertz CT molecular complexity index is 631. The number of nitrogens with zero attached hydrogens (tertiary/aromatic N) is 4. The van der Waals surface area contributed by atoms with Crippen LogP contribution in [-0.2, 0) is 6.54 Å². The lowest BCUT2D eigenvalue weighted by Crippen LogP contribution is -2.51. The number of rotatable bonds is 8. The van der Waals surface area contributed by atoms with Crippen molar-refractivity contribution >= 4 is 6.03 Å². The number of hydrogen-bond donors (Lipinski definition) is 1. The van der Waals surface area contributed by atoms with Gasteiger partial charge < -0.3 is 29.3 Å². The standard InChI is InChI=1S/C20H34N4O4/c1-21(2)14-17(25)15-28-19-7-6-18(27-5)12-16(19)13-23-8-10-24(11-9-23)20(26)22(3)4/h6-7,12,17,25H,8-11,13-15H2,1-5H3/t17-/m1/s1. The number of methoxy groups -OCH3 is 1. The lowest BCUT2D eigenvalue weighted by molar-refractivity contribution is 0.0816. The zero-order valence-electron chi connectivity index (χ0n) is 17.7. The average molecular weight is 395 g/mol. The van der Waals surface area contributed by atoms with Crippen molar-refractivity contribution in [2.45, 2.75) is 12.6 Å². The highest BCUT2D eigenvalue weighted by Crippen LogP contribution is 2.26. The highest BCUT2D eigenvalue weighted by Gasteiger charge is 2.23. The number of carbonyl (C=O) groups excluding carboxylic acids is 1. The van der Waals surface area contributed by atoms with Gasteiger partial charge in [-0.3, -0.25) is 4.90 Å². The Balaban J connectivity index is 1.98. The van der Waals surface area contributed by atoms with E-state index in [9.17, 15) is 9.90 Å². The quantitative estimate of drug-likeness (QED) is 0.703. The fraction of sp³-hybridized carbons (Fsp3) is 0.650. The molecule has 1 aliphatic rings. The Hall–Kier alpha value is -2.03. The maximum Gasteiger partial charge on any atom is 0.319 e. The maximum absolute atomic E-state index is 12.1. The molecule has 1 saturated heterocycles. The Morgan fingerprint density at radius 3 is 2.43 bits per heavy atom. The van der Waals surface area contributed by atoms with Gasteiger partial charge >= 0.3 is 6.03 Å². The Morgan fingerprint density at radius 1 is 1.18 bits per heavy atom. The summed E-state index contributed by atoms with van der Waals surface area (Å²) in [5.41, 5.74) is 1.02. The number of ether oxygens (including phenoxy) is 2. The molecular formula is C20H34N4O4. The van der Waals surface area contributed by atoms with Crippen LogP contribution in [0.25, 0.3) is 0 Å². The Labute approximate surface area is 168 Å². The summed E-state index contributed by atoms with van der Waals surface area (Å²) < 4.78 is 11.3. The van der Waals surface area contributed by atoms with E-state index in [4.69, 9.17) is 9.47 Å². The van der Waals surface area contributed by atoms with Crippen LogP contribution in [0.3, 0.4) is 0 Å². The zero-order valence-corrected chi connectivity index (χ0v) is 17.7. The normalized spacial score (nSPS) is 16.2. The van der Waals surface area contributed by atoms with Crippen molar-refractivity contribution in [2.75, 3.05) is 74.6 Å². The van der Waals surface area contributed by atoms with Gasteiger partial charge in [-0.05, 0) is 32.3 Å². The summed E-state index contributed by atoms with van der Waals surface area (Å²) in [6, 6.07) is 5.79. The summed E-state index contributed by atoms with van der Waals surface area (Å²) in [4.78, 5) is 19.8. The number of amides is 2. The van der Waals surface area contributed by atoms with Gasteiger partial charge in [0.05, 0.1) is 7.11 Å². The third-order valence-corrected chi connectivity index (χ3v) is 4.69. The lowest BCUT2D eigenvalue weighted by atomic mass is 10.1. The highest BCUT2D eigenvalue weighted by molar-refractivity contribution is 5.73. The number of urea groups is 1. The first-order valence-electron chi connectivity index (χ1n) is 9.61. The van der Waals surface area contributed by atoms with Crippen LogP contribution in [0.2, 0.25) is 0 Å². The van der Waals surface area contributed by atoms with Crippen LogP contribution < -0.4 is 9.47 Å². The van der Waals surface area contributed by atoms with Gasteiger partial charge in [-0.2, -0.15) is 0 Å². The van der Waals surface area contributed by atoms with Crippen molar-refractivity contribution in [3.05, 3.63) is 23.8 Å². The van der Waals surface area contributed by atoms with E-state index in [0.29, 0.717) is 26.2 Å². The monoisotopic (exact) mass is 394 g/mol. The zero-order chi connectivity index (χ0) is 20.7. The first-order valence-corrected chi connectivity index (χ1v) is 9.61. The number of aliphatic hydroxyl groups excluding tert-OH is 1. The molecule has 0 radical (unpaired) electrons. The molecule has 1 heterocycles. The van der Waals surface area contributed by atoms with E-state index in [-0.39, 0.29) is 12.6 Å². The molecule has 158 valence electrons. The van der Waals surface area contributed by atoms with Gasteiger partial charge in [0.25, 0.3) is 0 Å². The number of likely N-dealkylation sites (N-methyl/N-ethyl adjacent to an activating group) is 1. The SMILES string of the molecule is COc1ccc(OC[C@H](O)CN(C)C)c(CN2CCN(C(=O)N(C)C)CC2)c1. The topological polar surface area (TPSA) is 68.7 Å². The minimum atomic E-state index is -0.550. The summed E-state index contributed by atoms with van der Waals surface area (Å²) in [5.74, 6) is 1.53. The summed E-state index contributed by atoms with van der Waals surface area (Å²) in [7, 11) is 9.04. The average Bonchev–Trinajstić information content (AvgIpc) is 2.66. The van der Waals surface area contributed by atoms with Crippen molar-refractivity contribution < 1.29 is 19.4 Å². The van der Waals surface area contributed by atoms with Crippen molar-refractivity contribution in [3.8, 4) is 11.5 Å². The highest BCUT2D eigenvalue weighted by atomic mass is 16.5. The van der Waals surface area contributed by atoms with Crippen LogP contribution in [0.15, 0.2) is 18.2 Å². The molecule has 0 aliphatic carbocycles. The molecule has 2 amide bonds. The Morgan fingerprint density at radius 2 is 1.86 bits per heavy atom. The summed E-state index contributed by atoms with van der Waals surface area (Å²) in [6.45, 7) is 4.52. The largest absolute Gasteiger partial charge is 0.497 e. The third-order valence-electron chi connectivity index (χ3n) is 4.69. The lowest BCUT2D eigenvalue weighted by Gasteiger charge is -2.36. The minimum Gasteiger partial charge on any atom is -0.497 e. The molecule has 1 atom stereocenters. The summed E-state index contributed by atoms with van der Waals surface area (Å²) >= 11 is 0. The Kier molecular flexibility index (Phi) is 8.35. The molecule has 1 N–H and O–H groups in total. The predicted octanol–water partition coefficient (Wildman–Crippen LogP) is 0.796. The van der Waals surface area contributed by atoms with Crippen LogP contribution in [0.1, 0.15) is 5.56 Å². The molecule has 0 bridgehead atoms. The van der Waals surface area contributed by atoms with Crippen molar-refractivity contribution in [1.82, 2.24) is 19.6 Å². The van der Waals surface area contributed by atoms with Crippen LogP contribution in [0, 0.1) is 0 Å². The van der Waals surface area contributed by atoms with Gasteiger partial charge in [0.2, 0.25) is 0 Å². The van der Waals surface area contributed by atoms with Gasteiger partial charge in [0.15, 0.2) is 0 Å². The molecule has 28 heavy (non-hydrogen) atoms. The maximum atomic E-state index is 12.1. The molecule has 0 saturated carbocycles. The van der Waals surface area contributed by atoms with E-state index in [0.717, 1.165) is 30.2 Å². The number of benzene rings is 1. The molecule has 8 nitrogen and oxygen atoms in total. The fourth-order valence-corrected chi connectivity index (χ4v) is 3.23. The van der Waals surface area contributed by atoms with Crippen molar-refractivity contribution in [3.63, 3.8) is 0 Å². The van der Waals surface area contributed by atoms with E-state index in [1.807, 2.05) is 42.1 Å². The van der Waals surface area contributed by atoms with Crippen LogP contribution >= 0.6 is 0 Å². The van der Waals surface area contributed by atoms with Crippen LogP contribution in [-0.4, -0.2) is 111 Å². The minimum absolute atomic E-state index is 0.0555. The van der Waals surface area contributed by atoms with E-state index in [1.165, 1.54) is 0 Å². The second-order valence-electron chi connectivity index (χ2n) is 7.64. The molecule has 0 spiro atoms. The van der Waals surface area contributed by atoms with Crippen molar-refractivity contribution in [2.24, 2.45) is 0 Å². The molecular weight excluding hydrogens is 360 g/mol. The first-order chi connectivity index (χ1) is 13.3. The fourth-order valence-electron chi connectivity index (χ4n) is 3.23. The van der Waals surface area contributed by atoms with Gasteiger partial charge in [0, 0.05) is 58.9 Å². The van der Waals surface area contributed by atoms with Gasteiger partial charge in [0.1, 0.15) is 24.2 Å². The van der Waals surface area contributed by atoms with E-state index >= 15 is 0 Å². The van der Waals surface area contributed by atoms with E-state index < -0.39 is 6.10 Å². The molecule has 8 heteroatoms. The molecule has 0 unspecified atom stereocenters. The van der Waals surface area contributed by atoms with E-state index in [2.05, 4.69) is 4.90 Å². The number of aliphatic hydroxyl groups is 1. The second kappa shape index (κ2) is 10.5. The number of hydrogen-bond acceptors (Lipinski definition) is 6. The smallest absolute Gasteiger partial charge is 0.319 e. The molecule has 1 aromatic carbocycles.